The molecule has 106 valence electrons. The van der Waals surface area contributed by atoms with E-state index in [-0.39, 0.29) is 18.3 Å². The van der Waals surface area contributed by atoms with Gasteiger partial charge in [0.25, 0.3) is 0 Å². The molecular weight excluding hydrogens is 248 g/mol. The lowest BCUT2D eigenvalue weighted by Crippen LogP contribution is -2.33. The van der Waals surface area contributed by atoms with Crippen LogP contribution in [0, 0.1) is 5.92 Å². The minimum atomic E-state index is 0. The van der Waals surface area contributed by atoms with Gasteiger partial charge in [0, 0.05) is 19.0 Å². The highest BCUT2D eigenvalue weighted by atomic mass is 35.5. The molecule has 1 aliphatic heterocycles. The predicted octanol–water partition coefficient (Wildman–Crippen LogP) is 2.64. The topological polar surface area (TPSA) is 41.1 Å². The van der Waals surface area contributed by atoms with Crippen LogP contribution in [0.1, 0.15) is 57.8 Å². The van der Waals surface area contributed by atoms with Gasteiger partial charge in [-0.25, -0.2) is 0 Å². The Bertz CT molecular complexity index is 236. The molecule has 1 saturated carbocycles. The highest BCUT2D eigenvalue weighted by molar-refractivity contribution is 5.85. The van der Waals surface area contributed by atoms with Gasteiger partial charge in [0.2, 0.25) is 5.91 Å². The van der Waals surface area contributed by atoms with E-state index in [1.807, 2.05) is 0 Å². The highest BCUT2D eigenvalue weighted by Crippen LogP contribution is 2.25. The highest BCUT2D eigenvalue weighted by Gasteiger charge is 2.18. The number of hydrogen-bond donors (Lipinski definition) is 2. The lowest BCUT2D eigenvalue weighted by molar-refractivity contribution is -0.121. The minimum Gasteiger partial charge on any atom is -0.356 e. The SMILES string of the molecule is Cl.O=C(CC1CCCN1)NCCC1CCCCC1. The quantitative estimate of drug-likeness (QED) is 0.809. The first-order valence-corrected chi connectivity index (χ1v) is 7.34. The molecule has 3 nitrogen and oxygen atoms in total. The predicted molar refractivity (Wildman–Crippen MR) is 77.1 cm³/mol. The molecule has 0 aromatic heterocycles. The molecule has 0 aromatic rings. The normalized spacial score (nSPS) is 24.6. The van der Waals surface area contributed by atoms with Crippen molar-refractivity contribution in [1.82, 2.24) is 10.6 Å². The second-order valence-electron chi connectivity index (χ2n) is 5.64. The Balaban J connectivity index is 0.00000162. The van der Waals surface area contributed by atoms with Gasteiger partial charge in [-0.1, -0.05) is 32.1 Å². The second-order valence-corrected chi connectivity index (χ2v) is 5.64. The Kier molecular flexibility index (Phi) is 7.68. The van der Waals surface area contributed by atoms with Crippen molar-refractivity contribution >= 4 is 18.3 Å². The van der Waals surface area contributed by atoms with Crippen LogP contribution in [0.4, 0.5) is 0 Å². The summed E-state index contributed by atoms with van der Waals surface area (Å²) in [6.07, 6.45) is 11.2. The van der Waals surface area contributed by atoms with E-state index in [1.54, 1.807) is 0 Å². The van der Waals surface area contributed by atoms with Gasteiger partial charge in [0.05, 0.1) is 0 Å². The summed E-state index contributed by atoms with van der Waals surface area (Å²) in [7, 11) is 0. The van der Waals surface area contributed by atoms with Crippen LogP contribution in [-0.2, 0) is 4.79 Å². The number of amides is 1. The second kappa shape index (κ2) is 8.76. The first-order chi connectivity index (χ1) is 8.34. The van der Waals surface area contributed by atoms with Crippen molar-refractivity contribution in [3.05, 3.63) is 0 Å². The fraction of sp³-hybridized carbons (Fsp3) is 0.929. The van der Waals surface area contributed by atoms with E-state index in [9.17, 15) is 4.79 Å². The largest absolute Gasteiger partial charge is 0.356 e. The fourth-order valence-electron chi connectivity index (χ4n) is 3.12. The standard InChI is InChI=1S/C14H26N2O.ClH/c17-14(11-13-7-4-9-15-13)16-10-8-12-5-2-1-3-6-12;/h12-13,15H,1-11H2,(H,16,17);1H. The number of carbonyl (C=O) groups is 1. The molecule has 1 unspecified atom stereocenters. The van der Waals surface area contributed by atoms with Crippen LogP contribution >= 0.6 is 12.4 Å². The van der Waals surface area contributed by atoms with Gasteiger partial charge in [-0.2, -0.15) is 0 Å². The van der Waals surface area contributed by atoms with Crippen molar-refractivity contribution in [2.24, 2.45) is 5.92 Å². The molecule has 0 radical (unpaired) electrons. The van der Waals surface area contributed by atoms with Crippen molar-refractivity contribution in [1.29, 1.82) is 0 Å². The zero-order chi connectivity index (χ0) is 11.9. The van der Waals surface area contributed by atoms with Gasteiger partial charge in [-0.15, -0.1) is 12.4 Å². The van der Waals surface area contributed by atoms with Crippen molar-refractivity contribution in [2.45, 2.75) is 63.8 Å². The molecule has 1 heterocycles. The molecule has 2 aliphatic rings. The maximum atomic E-state index is 11.7. The third-order valence-electron chi connectivity index (χ3n) is 4.19. The van der Waals surface area contributed by atoms with E-state index in [2.05, 4.69) is 10.6 Å². The molecular formula is C14H27ClN2O. The molecule has 1 aliphatic carbocycles. The molecule has 0 aromatic carbocycles. The number of halogens is 1. The number of nitrogens with one attached hydrogen (secondary N) is 2. The van der Waals surface area contributed by atoms with Gasteiger partial charge in [0.1, 0.15) is 0 Å². The summed E-state index contributed by atoms with van der Waals surface area (Å²) in [5.41, 5.74) is 0. The minimum absolute atomic E-state index is 0. The molecule has 2 N–H and O–H groups in total. The lowest BCUT2D eigenvalue weighted by atomic mass is 9.87. The molecule has 2 rings (SSSR count). The first-order valence-electron chi connectivity index (χ1n) is 7.34. The maximum absolute atomic E-state index is 11.7. The van der Waals surface area contributed by atoms with Crippen LogP contribution in [0.25, 0.3) is 0 Å². The fourth-order valence-corrected chi connectivity index (χ4v) is 3.12. The Morgan fingerprint density at radius 3 is 2.56 bits per heavy atom. The van der Waals surface area contributed by atoms with E-state index in [4.69, 9.17) is 0 Å². The van der Waals surface area contributed by atoms with E-state index >= 15 is 0 Å². The molecule has 1 saturated heterocycles. The van der Waals surface area contributed by atoms with Crippen LogP contribution in [0.2, 0.25) is 0 Å². The van der Waals surface area contributed by atoms with Crippen LogP contribution in [0.5, 0.6) is 0 Å². The first kappa shape index (κ1) is 15.8. The van der Waals surface area contributed by atoms with Gasteiger partial charge >= 0.3 is 0 Å². The van der Waals surface area contributed by atoms with Crippen LogP contribution in [-0.4, -0.2) is 25.0 Å². The Hall–Kier alpha value is -0.280. The third-order valence-corrected chi connectivity index (χ3v) is 4.19. The summed E-state index contributed by atoms with van der Waals surface area (Å²) >= 11 is 0. The number of hydrogen-bond acceptors (Lipinski definition) is 2. The molecule has 2 fully saturated rings. The zero-order valence-electron chi connectivity index (χ0n) is 11.2. The Morgan fingerprint density at radius 2 is 1.89 bits per heavy atom. The van der Waals surface area contributed by atoms with E-state index in [0.29, 0.717) is 12.5 Å². The average Bonchev–Trinajstić information content (AvgIpc) is 2.83. The monoisotopic (exact) mass is 274 g/mol. The van der Waals surface area contributed by atoms with Crippen molar-refractivity contribution < 1.29 is 4.79 Å². The molecule has 0 bridgehead atoms. The van der Waals surface area contributed by atoms with Gasteiger partial charge in [0.15, 0.2) is 0 Å². The van der Waals surface area contributed by atoms with Crippen molar-refractivity contribution in [3.63, 3.8) is 0 Å². The molecule has 18 heavy (non-hydrogen) atoms. The summed E-state index contributed by atoms with van der Waals surface area (Å²) in [6.45, 7) is 1.97. The summed E-state index contributed by atoms with van der Waals surface area (Å²) in [4.78, 5) is 11.7. The molecule has 1 amide bonds. The number of rotatable bonds is 5. The zero-order valence-corrected chi connectivity index (χ0v) is 12.1. The smallest absolute Gasteiger partial charge is 0.221 e. The maximum Gasteiger partial charge on any atom is 0.221 e. The Morgan fingerprint density at radius 1 is 1.11 bits per heavy atom. The number of carbonyl (C=O) groups excluding carboxylic acids is 1. The summed E-state index contributed by atoms with van der Waals surface area (Å²) < 4.78 is 0. The van der Waals surface area contributed by atoms with Crippen LogP contribution in [0.15, 0.2) is 0 Å². The summed E-state index contributed by atoms with van der Waals surface area (Å²) in [6, 6.07) is 0.435. The summed E-state index contributed by atoms with van der Waals surface area (Å²) in [5, 5.41) is 6.44. The Labute approximate surface area is 117 Å². The van der Waals surface area contributed by atoms with E-state index in [0.717, 1.165) is 25.4 Å². The summed E-state index contributed by atoms with van der Waals surface area (Å²) in [5.74, 6) is 1.11. The van der Waals surface area contributed by atoms with Crippen molar-refractivity contribution in [3.8, 4) is 0 Å². The van der Waals surface area contributed by atoms with Gasteiger partial charge < -0.3 is 10.6 Å². The van der Waals surface area contributed by atoms with Crippen molar-refractivity contribution in [2.75, 3.05) is 13.1 Å². The van der Waals surface area contributed by atoms with Gasteiger partial charge in [-0.3, -0.25) is 4.79 Å². The van der Waals surface area contributed by atoms with E-state index < -0.39 is 0 Å². The lowest BCUT2D eigenvalue weighted by Gasteiger charge is -2.21. The van der Waals surface area contributed by atoms with Crippen LogP contribution < -0.4 is 10.6 Å². The average molecular weight is 275 g/mol. The van der Waals surface area contributed by atoms with Crippen LogP contribution in [0.3, 0.4) is 0 Å². The third kappa shape index (κ3) is 5.57. The van der Waals surface area contributed by atoms with Gasteiger partial charge in [-0.05, 0) is 31.7 Å². The molecule has 1 atom stereocenters. The molecule has 4 heteroatoms. The molecule has 0 spiro atoms. The van der Waals surface area contributed by atoms with E-state index in [1.165, 1.54) is 44.9 Å².